The summed E-state index contributed by atoms with van der Waals surface area (Å²) in [6, 6.07) is 5.37. The Morgan fingerprint density at radius 3 is 2.95 bits per heavy atom. The highest BCUT2D eigenvalue weighted by molar-refractivity contribution is 5.88. The maximum Gasteiger partial charge on any atom is 0.335 e. The summed E-state index contributed by atoms with van der Waals surface area (Å²) in [5.74, 6) is -0.300. The van der Waals surface area contributed by atoms with Gasteiger partial charge in [0, 0.05) is 25.4 Å². The monoisotopic (exact) mass is 263 g/mol. The molecule has 19 heavy (non-hydrogen) atoms. The zero-order valence-corrected chi connectivity index (χ0v) is 11.6. The fourth-order valence-corrected chi connectivity index (χ4v) is 2.33. The van der Waals surface area contributed by atoms with E-state index in [2.05, 4.69) is 18.7 Å². The Labute approximate surface area is 114 Å². The van der Waals surface area contributed by atoms with E-state index in [1.54, 1.807) is 12.1 Å². The molecule has 1 aliphatic rings. The molecule has 1 aromatic carbocycles. The van der Waals surface area contributed by atoms with Gasteiger partial charge < -0.3 is 14.7 Å². The van der Waals surface area contributed by atoms with Gasteiger partial charge in [-0.25, -0.2) is 4.79 Å². The maximum absolute atomic E-state index is 10.9. The van der Waals surface area contributed by atoms with Crippen molar-refractivity contribution in [3.63, 3.8) is 0 Å². The van der Waals surface area contributed by atoms with Crippen LogP contribution >= 0.6 is 0 Å². The van der Waals surface area contributed by atoms with Crippen LogP contribution in [0.25, 0.3) is 0 Å². The smallest absolute Gasteiger partial charge is 0.335 e. The van der Waals surface area contributed by atoms with Crippen LogP contribution in [-0.4, -0.2) is 37.4 Å². The van der Waals surface area contributed by atoms with Gasteiger partial charge in [-0.15, -0.1) is 0 Å². The van der Waals surface area contributed by atoms with Gasteiger partial charge in [0.25, 0.3) is 0 Å². The van der Waals surface area contributed by atoms with Gasteiger partial charge in [-0.3, -0.25) is 0 Å². The number of nitrogens with zero attached hydrogens (tertiary/aromatic N) is 1. The standard InChI is InChI=1S/C15H21NO3/c1-11(2)10-19-8-7-16-6-5-12-9-13(15(17)18)3-4-14(12)16/h3-4,9,11H,5-8,10H2,1-2H3,(H,17,18). The first kappa shape index (κ1) is 13.9. The molecule has 1 aliphatic heterocycles. The molecule has 0 aliphatic carbocycles. The van der Waals surface area contributed by atoms with E-state index in [0.717, 1.165) is 44.0 Å². The van der Waals surface area contributed by atoms with Crippen LogP contribution in [0.3, 0.4) is 0 Å². The summed E-state index contributed by atoms with van der Waals surface area (Å²) in [7, 11) is 0. The van der Waals surface area contributed by atoms with Crippen molar-refractivity contribution < 1.29 is 14.6 Å². The van der Waals surface area contributed by atoms with Crippen molar-refractivity contribution in [2.45, 2.75) is 20.3 Å². The fraction of sp³-hybridized carbons (Fsp3) is 0.533. The number of carboxylic acid groups (broad SMARTS) is 1. The van der Waals surface area contributed by atoms with E-state index in [-0.39, 0.29) is 0 Å². The molecule has 4 nitrogen and oxygen atoms in total. The second kappa shape index (κ2) is 6.06. The number of hydrogen-bond donors (Lipinski definition) is 1. The van der Waals surface area contributed by atoms with E-state index in [1.165, 1.54) is 0 Å². The van der Waals surface area contributed by atoms with Gasteiger partial charge >= 0.3 is 5.97 Å². The summed E-state index contributed by atoms with van der Waals surface area (Å²) < 4.78 is 5.60. The Morgan fingerprint density at radius 2 is 2.26 bits per heavy atom. The molecule has 2 rings (SSSR count). The van der Waals surface area contributed by atoms with Crippen molar-refractivity contribution in [3.8, 4) is 0 Å². The van der Waals surface area contributed by atoms with Crippen LogP contribution in [-0.2, 0) is 11.2 Å². The number of carbonyl (C=O) groups is 1. The van der Waals surface area contributed by atoms with Gasteiger partial charge in [0.1, 0.15) is 0 Å². The number of benzene rings is 1. The van der Waals surface area contributed by atoms with Gasteiger partial charge in [0.05, 0.1) is 12.2 Å². The number of ether oxygens (including phenoxy) is 1. The zero-order chi connectivity index (χ0) is 13.8. The van der Waals surface area contributed by atoms with E-state index in [0.29, 0.717) is 11.5 Å². The molecule has 0 bridgehead atoms. The molecule has 1 N–H and O–H groups in total. The van der Waals surface area contributed by atoms with Crippen LogP contribution in [0, 0.1) is 5.92 Å². The first-order valence-corrected chi connectivity index (χ1v) is 6.77. The average molecular weight is 263 g/mol. The van der Waals surface area contributed by atoms with Crippen molar-refractivity contribution >= 4 is 11.7 Å². The predicted octanol–water partition coefficient (Wildman–Crippen LogP) is 2.42. The first-order valence-electron chi connectivity index (χ1n) is 6.77. The number of hydrogen-bond acceptors (Lipinski definition) is 3. The third kappa shape index (κ3) is 3.47. The second-order valence-corrected chi connectivity index (χ2v) is 5.35. The van der Waals surface area contributed by atoms with E-state index in [1.807, 2.05) is 6.07 Å². The Balaban J connectivity index is 1.93. The number of fused-ring (bicyclic) bond motifs is 1. The first-order chi connectivity index (χ1) is 9.08. The molecule has 0 saturated heterocycles. The van der Waals surface area contributed by atoms with Gasteiger partial charge in [0.2, 0.25) is 0 Å². The minimum Gasteiger partial charge on any atom is -0.478 e. The lowest BCUT2D eigenvalue weighted by atomic mass is 10.1. The number of aromatic carboxylic acids is 1. The third-order valence-electron chi connectivity index (χ3n) is 3.27. The van der Waals surface area contributed by atoms with Gasteiger partial charge in [-0.05, 0) is 36.1 Å². The molecular formula is C15H21NO3. The molecule has 1 heterocycles. The molecule has 0 atom stereocenters. The zero-order valence-electron chi connectivity index (χ0n) is 11.6. The average Bonchev–Trinajstić information content (AvgIpc) is 2.76. The second-order valence-electron chi connectivity index (χ2n) is 5.35. The lowest BCUT2D eigenvalue weighted by Crippen LogP contribution is -2.25. The van der Waals surface area contributed by atoms with Crippen molar-refractivity contribution in [1.29, 1.82) is 0 Å². The van der Waals surface area contributed by atoms with Crippen LogP contribution in [0.15, 0.2) is 18.2 Å². The number of anilines is 1. The molecule has 0 unspecified atom stereocenters. The van der Waals surface area contributed by atoms with E-state index < -0.39 is 5.97 Å². The van der Waals surface area contributed by atoms with Crippen molar-refractivity contribution in [1.82, 2.24) is 0 Å². The molecule has 0 spiro atoms. The maximum atomic E-state index is 10.9. The van der Waals surface area contributed by atoms with E-state index in [4.69, 9.17) is 9.84 Å². The third-order valence-corrected chi connectivity index (χ3v) is 3.27. The Hall–Kier alpha value is -1.55. The van der Waals surface area contributed by atoms with Crippen molar-refractivity contribution in [3.05, 3.63) is 29.3 Å². The molecule has 0 radical (unpaired) electrons. The molecule has 4 heteroatoms. The molecular weight excluding hydrogens is 242 g/mol. The fourth-order valence-electron chi connectivity index (χ4n) is 2.33. The minimum absolute atomic E-state index is 0.372. The summed E-state index contributed by atoms with van der Waals surface area (Å²) in [6.45, 7) is 7.60. The van der Waals surface area contributed by atoms with Crippen LogP contribution < -0.4 is 4.90 Å². The summed E-state index contributed by atoms with van der Waals surface area (Å²) in [4.78, 5) is 13.2. The highest BCUT2D eigenvalue weighted by atomic mass is 16.5. The molecule has 1 aromatic rings. The molecule has 0 amide bonds. The Morgan fingerprint density at radius 1 is 1.47 bits per heavy atom. The predicted molar refractivity (Wildman–Crippen MR) is 75.0 cm³/mol. The highest BCUT2D eigenvalue weighted by Gasteiger charge is 2.20. The van der Waals surface area contributed by atoms with Crippen LogP contribution in [0.5, 0.6) is 0 Å². The van der Waals surface area contributed by atoms with Gasteiger partial charge in [0.15, 0.2) is 0 Å². The lowest BCUT2D eigenvalue weighted by Gasteiger charge is -2.19. The van der Waals surface area contributed by atoms with Gasteiger partial charge in [-0.2, -0.15) is 0 Å². The minimum atomic E-state index is -0.860. The number of rotatable bonds is 6. The summed E-state index contributed by atoms with van der Waals surface area (Å²) >= 11 is 0. The van der Waals surface area contributed by atoms with Crippen molar-refractivity contribution in [2.24, 2.45) is 5.92 Å². The lowest BCUT2D eigenvalue weighted by molar-refractivity contribution is 0.0697. The molecule has 104 valence electrons. The quantitative estimate of drug-likeness (QED) is 0.801. The summed E-state index contributed by atoms with van der Waals surface area (Å²) in [5.41, 5.74) is 2.65. The highest BCUT2D eigenvalue weighted by Crippen LogP contribution is 2.28. The molecule has 0 saturated carbocycles. The Kier molecular flexibility index (Phi) is 4.43. The topological polar surface area (TPSA) is 49.8 Å². The number of carboxylic acids is 1. The summed E-state index contributed by atoms with van der Waals surface area (Å²) in [5, 5.41) is 8.97. The van der Waals surface area contributed by atoms with E-state index >= 15 is 0 Å². The van der Waals surface area contributed by atoms with Crippen LogP contribution in [0.4, 0.5) is 5.69 Å². The van der Waals surface area contributed by atoms with Gasteiger partial charge in [-0.1, -0.05) is 13.8 Å². The SMILES string of the molecule is CC(C)COCCN1CCc2cc(C(=O)O)ccc21. The largest absolute Gasteiger partial charge is 0.478 e. The van der Waals surface area contributed by atoms with Crippen LogP contribution in [0.2, 0.25) is 0 Å². The van der Waals surface area contributed by atoms with E-state index in [9.17, 15) is 4.79 Å². The molecule has 0 fully saturated rings. The van der Waals surface area contributed by atoms with Crippen LogP contribution in [0.1, 0.15) is 29.8 Å². The molecule has 0 aromatic heterocycles. The summed E-state index contributed by atoms with van der Waals surface area (Å²) in [6.07, 6.45) is 0.917. The normalized spacial score (nSPS) is 13.9. The van der Waals surface area contributed by atoms with Crippen molar-refractivity contribution in [2.75, 3.05) is 31.2 Å². The Bertz CT molecular complexity index is 457.